The van der Waals surface area contributed by atoms with Crippen molar-refractivity contribution >= 4 is 17.4 Å². The van der Waals surface area contributed by atoms with Crippen LogP contribution in [0.3, 0.4) is 0 Å². The zero-order valence-electron chi connectivity index (χ0n) is 13.2. The van der Waals surface area contributed by atoms with Crippen LogP contribution in [-0.4, -0.2) is 29.4 Å². The molecule has 1 N–H and O–H groups in total. The Morgan fingerprint density at radius 3 is 2.68 bits per heavy atom. The van der Waals surface area contributed by atoms with Crippen LogP contribution in [0.4, 0.5) is 16.2 Å². The van der Waals surface area contributed by atoms with Gasteiger partial charge in [0.15, 0.2) is 0 Å². The Labute approximate surface area is 130 Å². The van der Waals surface area contributed by atoms with Gasteiger partial charge in [-0.1, -0.05) is 25.3 Å². The molecule has 1 aliphatic rings. The maximum Gasteiger partial charge on any atom is 0.321 e. The Morgan fingerprint density at radius 2 is 2.05 bits per heavy atom. The van der Waals surface area contributed by atoms with E-state index >= 15 is 0 Å². The number of carbonyl (C=O) groups excluding carboxylic acids is 1. The molecule has 2 rings (SSSR count). The summed E-state index contributed by atoms with van der Waals surface area (Å²) >= 11 is 0. The van der Waals surface area contributed by atoms with E-state index in [9.17, 15) is 14.9 Å². The summed E-state index contributed by atoms with van der Waals surface area (Å²) in [6.45, 7) is 2.38. The minimum atomic E-state index is -0.434. The molecular weight excluding hydrogens is 282 g/mol. The summed E-state index contributed by atoms with van der Waals surface area (Å²) in [6.07, 6.45) is 6.12. The normalized spacial score (nSPS) is 15.4. The van der Waals surface area contributed by atoms with Crippen molar-refractivity contribution in [2.24, 2.45) is 5.92 Å². The van der Waals surface area contributed by atoms with Crippen LogP contribution in [0.5, 0.6) is 0 Å². The van der Waals surface area contributed by atoms with Gasteiger partial charge in [-0.05, 0) is 31.7 Å². The second-order valence-electron chi connectivity index (χ2n) is 6.02. The number of anilines is 1. The molecule has 0 aromatic heterocycles. The fourth-order valence-electron chi connectivity index (χ4n) is 3.01. The van der Waals surface area contributed by atoms with Crippen molar-refractivity contribution in [2.45, 2.75) is 39.0 Å². The van der Waals surface area contributed by atoms with Crippen LogP contribution >= 0.6 is 0 Å². The van der Waals surface area contributed by atoms with Crippen LogP contribution in [0, 0.1) is 23.0 Å². The molecule has 0 aliphatic heterocycles. The first-order valence-corrected chi connectivity index (χ1v) is 7.75. The minimum Gasteiger partial charge on any atom is -0.327 e. The van der Waals surface area contributed by atoms with Gasteiger partial charge in [-0.15, -0.1) is 0 Å². The van der Waals surface area contributed by atoms with Crippen LogP contribution in [0.25, 0.3) is 0 Å². The molecule has 1 aliphatic carbocycles. The Bertz CT molecular complexity index is 554. The number of hydrogen-bond donors (Lipinski definition) is 1. The van der Waals surface area contributed by atoms with Crippen LogP contribution in [0.1, 0.15) is 37.7 Å². The Balaban J connectivity index is 1.99. The number of amides is 2. The van der Waals surface area contributed by atoms with Crippen LogP contribution < -0.4 is 5.32 Å². The summed E-state index contributed by atoms with van der Waals surface area (Å²) in [6, 6.07) is 4.50. The standard InChI is InChI=1S/C16H23N3O3/c1-12-14(9-6-10-15(12)19(21)22)17-16(20)18(2)11-13-7-4-3-5-8-13/h6,9-10,13H,3-5,7-8,11H2,1-2H3,(H,17,20). The smallest absolute Gasteiger partial charge is 0.321 e. The molecule has 1 aromatic carbocycles. The van der Waals surface area contributed by atoms with Crippen molar-refractivity contribution in [3.8, 4) is 0 Å². The number of carbonyl (C=O) groups is 1. The molecule has 0 radical (unpaired) electrons. The predicted molar refractivity (Wildman–Crippen MR) is 86.1 cm³/mol. The Morgan fingerprint density at radius 1 is 1.36 bits per heavy atom. The molecule has 6 heteroatoms. The van der Waals surface area contributed by atoms with E-state index in [0.717, 1.165) is 6.54 Å². The molecule has 22 heavy (non-hydrogen) atoms. The average Bonchev–Trinajstić information content (AvgIpc) is 2.50. The zero-order chi connectivity index (χ0) is 16.1. The van der Waals surface area contributed by atoms with Crippen LogP contribution in [0.15, 0.2) is 18.2 Å². The Kier molecular flexibility index (Phi) is 5.35. The molecule has 0 heterocycles. The third-order valence-electron chi connectivity index (χ3n) is 4.35. The molecule has 1 saturated carbocycles. The summed E-state index contributed by atoms with van der Waals surface area (Å²) in [4.78, 5) is 24.4. The third-order valence-corrected chi connectivity index (χ3v) is 4.35. The minimum absolute atomic E-state index is 0.0210. The zero-order valence-corrected chi connectivity index (χ0v) is 13.2. The number of urea groups is 1. The van der Waals surface area contributed by atoms with Crippen molar-refractivity contribution in [1.82, 2.24) is 4.90 Å². The van der Waals surface area contributed by atoms with Gasteiger partial charge in [0, 0.05) is 19.7 Å². The molecule has 0 unspecified atom stereocenters. The van der Waals surface area contributed by atoms with Crippen molar-refractivity contribution in [1.29, 1.82) is 0 Å². The summed E-state index contributed by atoms with van der Waals surface area (Å²) in [5, 5.41) is 13.7. The number of hydrogen-bond acceptors (Lipinski definition) is 3. The molecule has 6 nitrogen and oxygen atoms in total. The first kappa shape index (κ1) is 16.3. The van der Waals surface area contributed by atoms with Gasteiger partial charge in [0.1, 0.15) is 0 Å². The fraction of sp³-hybridized carbons (Fsp3) is 0.562. The highest BCUT2D eigenvalue weighted by Gasteiger charge is 2.20. The van der Waals surface area contributed by atoms with E-state index in [0.29, 0.717) is 17.2 Å². The first-order valence-electron chi connectivity index (χ1n) is 7.75. The summed E-state index contributed by atoms with van der Waals surface area (Å²) in [7, 11) is 1.77. The van der Waals surface area contributed by atoms with Crippen molar-refractivity contribution in [2.75, 3.05) is 18.9 Å². The van der Waals surface area contributed by atoms with E-state index in [1.165, 1.54) is 38.2 Å². The van der Waals surface area contributed by atoms with Gasteiger partial charge in [0.2, 0.25) is 0 Å². The first-order chi connectivity index (χ1) is 10.5. The molecule has 120 valence electrons. The maximum atomic E-state index is 12.3. The second-order valence-corrected chi connectivity index (χ2v) is 6.02. The predicted octanol–water partition coefficient (Wildman–Crippen LogP) is 3.95. The molecule has 0 atom stereocenters. The Hall–Kier alpha value is -2.11. The van der Waals surface area contributed by atoms with Gasteiger partial charge in [-0.25, -0.2) is 4.79 Å². The number of nitrogens with one attached hydrogen (secondary N) is 1. The molecule has 1 fully saturated rings. The third kappa shape index (κ3) is 3.96. The molecule has 0 bridgehead atoms. The highest BCUT2D eigenvalue weighted by Crippen LogP contribution is 2.26. The van der Waals surface area contributed by atoms with Gasteiger partial charge < -0.3 is 10.2 Å². The van der Waals surface area contributed by atoms with Gasteiger partial charge in [-0.3, -0.25) is 10.1 Å². The molecular formula is C16H23N3O3. The largest absolute Gasteiger partial charge is 0.327 e. The molecule has 2 amide bonds. The summed E-state index contributed by atoms with van der Waals surface area (Å²) in [5.74, 6) is 0.565. The number of nitro benzene ring substituents is 1. The highest BCUT2D eigenvalue weighted by atomic mass is 16.6. The number of benzene rings is 1. The lowest BCUT2D eigenvalue weighted by molar-refractivity contribution is -0.385. The average molecular weight is 305 g/mol. The lowest BCUT2D eigenvalue weighted by Gasteiger charge is -2.27. The molecule has 1 aromatic rings. The second kappa shape index (κ2) is 7.24. The fourth-order valence-corrected chi connectivity index (χ4v) is 3.01. The van der Waals surface area contributed by atoms with E-state index in [-0.39, 0.29) is 11.7 Å². The lowest BCUT2D eigenvalue weighted by atomic mass is 9.89. The highest BCUT2D eigenvalue weighted by molar-refractivity contribution is 5.90. The summed E-state index contributed by atoms with van der Waals surface area (Å²) < 4.78 is 0. The number of nitro groups is 1. The van der Waals surface area contributed by atoms with E-state index in [1.54, 1.807) is 31.0 Å². The quantitative estimate of drug-likeness (QED) is 0.676. The SMILES string of the molecule is Cc1c(NC(=O)N(C)CC2CCCCC2)cccc1[N+](=O)[O-]. The van der Waals surface area contributed by atoms with Crippen molar-refractivity contribution in [3.63, 3.8) is 0 Å². The topological polar surface area (TPSA) is 75.5 Å². The van der Waals surface area contributed by atoms with Crippen molar-refractivity contribution < 1.29 is 9.72 Å². The van der Waals surface area contributed by atoms with Crippen molar-refractivity contribution in [3.05, 3.63) is 33.9 Å². The summed E-state index contributed by atoms with van der Waals surface area (Å²) in [5.41, 5.74) is 0.995. The van der Waals surface area contributed by atoms with E-state index in [4.69, 9.17) is 0 Å². The van der Waals surface area contributed by atoms with E-state index in [2.05, 4.69) is 5.32 Å². The number of nitrogens with zero attached hydrogens (tertiary/aromatic N) is 2. The molecule has 0 spiro atoms. The van der Waals surface area contributed by atoms with Gasteiger partial charge in [0.05, 0.1) is 16.2 Å². The number of rotatable bonds is 4. The molecule has 0 saturated heterocycles. The van der Waals surface area contributed by atoms with E-state index in [1.807, 2.05) is 0 Å². The monoisotopic (exact) mass is 305 g/mol. The van der Waals surface area contributed by atoms with Crippen LogP contribution in [-0.2, 0) is 0 Å². The van der Waals surface area contributed by atoms with E-state index < -0.39 is 4.92 Å². The van der Waals surface area contributed by atoms with Gasteiger partial charge >= 0.3 is 6.03 Å². The van der Waals surface area contributed by atoms with Gasteiger partial charge in [0.25, 0.3) is 5.69 Å². The van der Waals surface area contributed by atoms with Crippen LogP contribution in [0.2, 0.25) is 0 Å². The maximum absolute atomic E-state index is 12.3. The lowest BCUT2D eigenvalue weighted by Crippen LogP contribution is -2.36. The van der Waals surface area contributed by atoms with Gasteiger partial charge in [-0.2, -0.15) is 0 Å².